The van der Waals surface area contributed by atoms with Gasteiger partial charge in [0, 0.05) is 24.2 Å². The first-order valence-electron chi connectivity index (χ1n) is 11.2. The lowest BCUT2D eigenvalue weighted by atomic mass is 9.94. The second-order valence-electron chi connectivity index (χ2n) is 8.51. The number of carbonyl (C=O) groups is 3. The Labute approximate surface area is 172 Å². The Balaban J connectivity index is 1.58. The van der Waals surface area contributed by atoms with Gasteiger partial charge < -0.3 is 10.2 Å². The van der Waals surface area contributed by atoms with Crippen LogP contribution >= 0.6 is 0 Å². The summed E-state index contributed by atoms with van der Waals surface area (Å²) in [5, 5.41) is 3.35. The highest BCUT2D eigenvalue weighted by Gasteiger charge is 2.40. The quantitative estimate of drug-likeness (QED) is 0.775. The molecule has 6 nitrogen and oxygen atoms in total. The smallest absolute Gasteiger partial charge is 0.261 e. The lowest BCUT2D eigenvalue weighted by molar-refractivity contribution is 0.0548. The van der Waals surface area contributed by atoms with Crippen LogP contribution in [0.15, 0.2) is 18.2 Å². The number of nitrogens with one attached hydrogen (secondary N) is 1. The van der Waals surface area contributed by atoms with Crippen LogP contribution in [0.2, 0.25) is 0 Å². The topological polar surface area (TPSA) is 69.7 Å². The minimum absolute atomic E-state index is 0.00151. The summed E-state index contributed by atoms with van der Waals surface area (Å²) in [6.07, 6.45) is 7.85. The summed E-state index contributed by atoms with van der Waals surface area (Å²) in [6.45, 7) is 4.63. The Hall–Kier alpha value is -2.21. The monoisotopic (exact) mass is 397 g/mol. The molecule has 0 bridgehead atoms. The third-order valence-corrected chi connectivity index (χ3v) is 6.58. The zero-order chi connectivity index (χ0) is 20.4. The van der Waals surface area contributed by atoms with Crippen LogP contribution in [0.25, 0.3) is 0 Å². The predicted molar refractivity (Wildman–Crippen MR) is 111 cm³/mol. The van der Waals surface area contributed by atoms with Crippen LogP contribution in [-0.2, 0) is 0 Å². The number of fused-ring (bicyclic) bond motifs is 1. The maximum Gasteiger partial charge on any atom is 0.261 e. The van der Waals surface area contributed by atoms with Gasteiger partial charge in [0.2, 0.25) is 0 Å². The van der Waals surface area contributed by atoms with E-state index in [0.717, 1.165) is 58.0 Å². The molecule has 29 heavy (non-hydrogen) atoms. The number of benzene rings is 1. The fraction of sp³-hybridized carbons (Fsp3) is 0.609. The molecule has 1 aromatic rings. The molecular weight excluding hydrogens is 366 g/mol. The molecule has 1 saturated carbocycles. The van der Waals surface area contributed by atoms with Crippen LogP contribution in [-0.4, -0.2) is 59.2 Å². The van der Waals surface area contributed by atoms with Gasteiger partial charge in [-0.05, 0) is 63.4 Å². The second-order valence-corrected chi connectivity index (χ2v) is 8.51. The predicted octanol–water partition coefficient (Wildman–Crippen LogP) is 3.22. The number of rotatable bonds is 5. The van der Waals surface area contributed by atoms with Crippen molar-refractivity contribution in [2.75, 3.05) is 19.6 Å². The Bertz CT molecular complexity index is 795. The van der Waals surface area contributed by atoms with E-state index in [0.29, 0.717) is 23.2 Å². The molecule has 0 radical (unpaired) electrons. The first-order valence-corrected chi connectivity index (χ1v) is 11.2. The van der Waals surface area contributed by atoms with Gasteiger partial charge in [0.05, 0.1) is 11.1 Å². The van der Waals surface area contributed by atoms with Crippen molar-refractivity contribution in [1.29, 1.82) is 0 Å². The van der Waals surface area contributed by atoms with Crippen LogP contribution in [0, 0.1) is 0 Å². The van der Waals surface area contributed by atoms with E-state index in [2.05, 4.69) is 12.2 Å². The molecule has 0 aromatic heterocycles. The molecule has 1 aromatic carbocycles. The lowest BCUT2D eigenvalue weighted by Gasteiger charge is -2.34. The van der Waals surface area contributed by atoms with Gasteiger partial charge in [-0.15, -0.1) is 0 Å². The SMILES string of the molecule is CCCN(C(=O)c1ccc2c(c1)C(=O)N(C1CCCCC1)C2=O)C1CCNCC1. The number of piperidine rings is 1. The maximum atomic E-state index is 13.3. The fourth-order valence-corrected chi connectivity index (χ4v) is 5.04. The molecule has 2 fully saturated rings. The largest absolute Gasteiger partial charge is 0.336 e. The molecule has 1 saturated heterocycles. The van der Waals surface area contributed by atoms with Gasteiger partial charge in [-0.25, -0.2) is 0 Å². The summed E-state index contributed by atoms with van der Waals surface area (Å²) in [4.78, 5) is 42.6. The van der Waals surface area contributed by atoms with Crippen molar-refractivity contribution in [3.8, 4) is 0 Å². The lowest BCUT2D eigenvalue weighted by Crippen LogP contribution is -2.46. The van der Waals surface area contributed by atoms with Gasteiger partial charge in [0.25, 0.3) is 17.7 Å². The van der Waals surface area contributed by atoms with Crippen LogP contribution in [0.5, 0.6) is 0 Å². The van der Waals surface area contributed by atoms with E-state index in [1.165, 1.54) is 11.3 Å². The van der Waals surface area contributed by atoms with Crippen LogP contribution in [0.1, 0.15) is 89.4 Å². The summed E-state index contributed by atoms with van der Waals surface area (Å²) in [7, 11) is 0. The highest BCUT2D eigenvalue weighted by atomic mass is 16.2. The number of carbonyl (C=O) groups excluding carboxylic acids is 3. The summed E-state index contributed by atoms with van der Waals surface area (Å²) in [6, 6.07) is 5.29. The molecule has 4 rings (SSSR count). The van der Waals surface area contributed by atoms with Crippen LogP contribution in [0.3, 0.4) is 0 Å². The molecule has 1 aliphatic carbocycles. The van der Waals surface area contributed by atoms with E-state index >= 15 is 0 Å². The number of hydrogen-bond acceptors (Lipinski definition) is 4. The highest BCUT2D eigenvalue weighted by Crippen LogP contribution is 2.32. The van der Waals surface area contributed by atoms with E-state index in [4.69, 9.17) is 0 Å². The average molecular weight is 398 g/mol. The molecule has 0 atom stereocenters. The third-order valence-electron chi connectivity index (χ3n) is 6.58. The van der Waals surface area contributed by atoms with E-state index in [1.54, 1.807) is 18.2 Å². The maximum absolute atomic E-state index is 13.3. The van der Waals surface area contributed by atoms with Crippen molar-refractivity contribution in [3.05, 3.63) is 34.9 Å². The first-order chi connectivity index (χ1) is 14.1. The first kappa shape index (κ1) is 20.1. The number of hydrogen-bond donors (Lipinski definition) is 1. The third kappa shape index (κ3) is 3.82. The standard InChI is InChI=1S/C23H31N3O3/c1-2-14-25(17-10-12-24-13-11-17)21(27)16-8-9-19-20(15-16)23(29)26(22(19)28)18-6-4-3-5-7-18/h8-9,15,17-18,24H,2-7,10-14H2,1H3. The number of nitrogens with zero attached hydrogens (tertiary/aromatic N) is 2. The van der Waals surface area contributed by atoms with Crippen molar-refractivity contribution in [1.82, 2.24) is 15.1 Å². The molecule has 0 unspecified atom stereocenters. The fourth-order valence-electron chi connectivity index (χ4n) is 5.04. The minimum Gasteiger partial charge on any atom is -0.336 e. The van der Waals surface area contributed by atoms with Gasteiger partial charge in [-0.3, -0.25) is 19.3 Å². The summed E-state index contributed by atoms with van der Waals surface area (Å²) in [5.74, 6) is -0.451. The van der Waals surface area contributed by atoms with Crippen molar-refractivity contribution in [3.63, 3.8) is 0 Å². The molecule has 3 aliphatic rings. The number of imide groups is 1. The zero-order valence-electron chi connectivity index (χ0n) is 17.3. The van der Waals surface area contributed by atoms with E-state index in [1.807, 2.05) is 4.90 Å². The Morgan fingerprint density at radius 1 is 1.03 bits per heavy atom. The highest BCUT2D eigenvalue weighted by molar-refractivity contribution is 6.22. The molecule has 3 amide bonds. The van der Waals surface area contributed by atoms with Crippen LogP contribution < -0.4 is 5.32 Å². The Morgan fingerprint density at radius 3 is 2.41 bits per heavy atom. The van der Waals surface area contributed by atoms with Gasteiger partial charge in [0.1, 0.15) is 0 Å². The average Bonchev–Trinajstić information content (AvgIpc) is 3.02. The number of amides is 3. The van der Waals surface area contributed by atoms with Crippen molar-refractivity contribution >= 4 is 17.7 Å². The molecule has 156 valence electrons. The summed E-state index contributed by atoms with van der Waals surface area (Å²) in [5.41, 5.74) is 1.36. The van der Waals surface area contributed by atoms with E-state index in [9.17, 15) is 14.4 Å². The van der Waals surface area contributed by atoms with Gasteiger partial charge in [-0.2, -0.15) is 0 Å². The van der Waals surface area contributed by atoms with Crippen molar-refractivity contribution in [2.45, 2.75) is 70.4 Å². The summed E-state index contributed by atoms with van der Waals surface area (Å²) >= 11 is 0. The van der Waals surface area contributed by atoms with Gasteiger partial charge >= 0.3 is 0 Å². The normalized spacial score (nSPS) is 20.8. The summed E-state index contributed by atoms with van der Waals surface area (Å²) < 4.78 is 0. The second kappa shape index (κ2) is 8.66. The van der Waals surface area contributed by atoms with Gasteiger partial charge in [0.15, 0.2) is 0 Å². The van der Waals surface area contributed by atoms with Crippen molar-refractivity contribution in [2.24, 2.45) is 0 Å². The molecule has 1 N–H and O–H groups in total. The molecule has 0 spiro atoms. The molecule has 6 heteroatoms. The van der Waals surface area contributed by atoms with Crippen molar-refractivity contribution < 1.29 is 14.4 Å². The Morgan fingerprint density at radius 2 is 1.72 bits per heavy atom. The van der Waals surface area contributed by atoms with Crippen LogP contribution in [0.4, 0.5) is 0 Å². The Kier molecular flexibility index (Phi) is 5.99. The zero-order valence-corrected chi connectivity index (χ0v) is 17.3. The van der Waals surface area contributed by atoms with E-state index in [-0.39, 0.29) is 29.8 Å². The molecule has 2 heterocycles. The minimum atomic E-state index is -0.226. The van der Waals surface area contributed by atoms with Gasteiger partial charge in [-0.1, -0.05) is 26.2 Å². The molecule has 2 aliphatic heterocycles. The van der Waals surface area contributed by atoms with E-state index < -0.39 is 0 Å². The molecular formula is C23H31N3O3.